The number of alkyl halides is 1. The molecular weight excluding hydrogens is 196 g/mol. The maximum atomic E-state index is 5.91. The molecule has 0 fully saturated rings. The summed E-state index contributed by atoms with van der Waals surface area (Å²) in [6.07, 6.45) is 8.41. The average molecular weight is 220 g/mol. The summed E-state index contributed by atoms with van der Waals surface area (Å²) in [7, 11) is 0. The Bertz CT molecular complexity index is 106. The van der Waals surface area contributed by atoms with Crippen LogP contribution in [0.1, 0.15) is 51.9 Å². The van der Waals surface area contributed by atoms with Crippen LogP contribution < -0.4 is 0 Å². The molecular formula is C12H24ClO. The fraction of sp³-hybridized carbons (Fsp3) is 0.917. The summed E-state index contributed by atoms with van der Waals surface area (Å²) < 4.78 is 5.45. The van der Waals surface area contributed by atoms with Gasteiger partial charge in [0.25, 0.3) is 0 Å². The molecule has 0 saturated carbocycles. The summed E-state index contributed by atoms with van der Waals surface area (Å²) in [5, 5.41) is 0.196. The van der Waals surface area contributed by atoms with Crippen LogP contribution in [0.4, 0.5) is 0 Å². The van der Waals surface area contributed by atoms with Gasteiger partial charge in [-0.05, 0) is 12.8 Å². The number of ether oxygens (including phenoxy) is 1. The zero-order valence-corrected chi connectivity index (χ0v) is 10.2. The lowest BCUT2D eigenvalue weighted by Gasteiger charge is -2.07. The van der Waals surface area contributed by atoms with Crippen LogP contribution in [0.25, 0.3) is 0 Å². The lowest BCUT2D eigenvalue weighted by molar-refractivity contribution is 0.129. The molecule has 0 aromatic carbocycles. The number of halogens is 1. The van der Waals surface area contributed by atoms with Crippen LogP contribution in [0, 0.1) is 6.92 Å². The Hall–Kier alpha value is 0.250. The van der Waals surface area contributed by atoms with Crippen molar-refractivity contribution in [3.8, 4) is 0 Å². The molecule has 0 bridgehead atoms. The van der Waals surface area contributed by atoms with Crippen molar-refractivity contribution in [3.05, 3.63) is 6.92 Å². The minimum atomic E-state index is 0.196. The fourth-order valence-electron chi connectivity index (χ4n) is 1.24. The molecule has 1 atom stereocenters. The SMILES string of the molecule is [CH2]CCCCCCCOCC(Cl)CC. The van der Waals surface area contributed by atoms with Gasteiger partial charge in [0.1, 0.15) is 0 Å². The van der Waals surface area contributed by atoms with Crippen molar-refractivity contribution >= 4 is 11.6 Å². The Kier molecular flexibility index (Phi) is 11.5. The van der Waals surface area contributed by atoms with Crippen LogP contribution in [0.5, 0.6) is 0 Å². The Balaban J connectivity index is 2.92. The van der Waals surface area contributed by atoms with Crippen LogP contribution >= 0.6 is 11.6 Å². The van der Waals surface area contributed by atoms with Crippen molar-refractivity contribution in [2.24, 2.45) is 0 Å². The van der Waals surface area contributed by atoms with Gasteiger partial charge >= 0.3 is 0 Å². The van der Waals surface area contributed by atoms with Crippen molar-refractivity contribution in [1.82, 2.24) is 0 Å². The maximum absolute atomic E-state index is 5.91. The van der Waals surface area contributed by atoms with Gasteiger partial charge in [-0.3, -0.25) is 0 Å². The quantitative estimate of drug-likeness (QED) is 0.395. The average Bonchev–Trinajstić information content (AvgIpc) is 2.21. The van der Waals surface area contributed by atoms with E-state index in [2.05, 4.69) is 13.8 Å². The van der Waals surface area contributed by atoms with Crippen LogP contribution in [0.15, 0.2) is 0 Å². The normalized spacial score (nSPS) is 13.1. The van der Waals surface area contributed by atoms with E-state index in [4.69, 9.17) is 16.3 Å². The van der Waals surface area contributed by atoms with Crippen LogP contribution in [0.3, 0.4) is 0 Å². The molecule has 14 heavy (non-hydrogen) atoms. The summed E-state index contributed by atoms with van der Waals surface area (Å²) in [5.41, 5.74) is 0. The summed E-state index contributed by atoms with van der Waals surface area (Å²) in [6, 6.07) is 0. The van der Waals surface area contributed by atoms with E-state index in [-0.39, 0.29) is 5.38 Å². The molecule has 0 aliphatic rings. The lowest BCUT2D eigenvalue weighted by Crippen LogP contribution is -2.08. The molecule has 1 unspecified atom stereocenters. The number of unbranched alkanes of at least 4 members (excludes halogenated alkanes) is 5. The van der Waals surface area contributed by atoms with E-state index in [1.165, 1.54) is 32.1 Å². The first-order valence-corrected chi connectivity index (χ1v) is 6.26. The first-order chi connectivity index (χ1) is 6.81. The van der Waals surface area contributed by atoms with Gasteiger partial charge in [0.15, 0.2) is 0 Å². The summed E-state index contributed by atoms with van der Waals surface area (Å²) in [4.78, 5) is 0. The smallest absolute Gasteiger partial charge is 0.0630 e. The molecule has 0 aromatic rings. The molecule has 0 amide bonds. The summed E-state index contributed by atoms with van der Waals surface area (Å²) >= 11 is 5.91. The zero-order chi connectivity index (χ0) is 10.6. The highest BCUT2D eigenvalue weighted by molar-refractivity contribution is 6.20. The highest BCUT2D eigenvalue weighted by Gasteiger charge is 1.99. The summed E-state index contributed by atoms with van der Waals surface area (Å²) in [6.45, 7) is 7.48. The second kappa shape index (κ2) is 11.3. The molecule has 0 saturated heterocycles. The standard InChI is InChI=1S/C12H24ClO/c1-3-5-6-7-8-9-10-14-11-12(13)4-2/h12H,1,3-11H2,2H3. The number of hydrogen-bond acceptors (Lipinski definition) is 1. The molecule has 0 aliphatic carbocycles. The zero-order valence-electron chi connectivity index (χ0n) is 9.43. The van der Waals surface area contributed by atoms with Crippen molar-refractivity contribution in [2.75, 3.05) is 13.2 Å². The van der Waals surface area contributed by atoms with E-state index < -0.39 is 0 Å². The third-order valence-corrected chi connectivity index (χ3v) is 2.71. The minimum absolute atomic E-state index is 0.196. The Labute approximate surface area is 94.2 Å². The van der Waals surface area contributed by atoms with E-state index in [0.29, 0.717) is 6.61 Å². The first kappa shape index (κ1) is 14.2. The maximum Gasteiger partial charge on any atom is 0.0630 e. The van der Waals surface area contributed by atoms with Gasteiger partial charge in [0.05, 0.1) is 12.0 Å². The van der Waals surface area contributed by atoms with Gasteiger partial charge in [-0.2, -0.15) is 0 Å². The van der Waals surface area contributed by atoms with Gasteiger partial charge < -0.3 is 4.74 Å². The minimum Gasteiger partial charge on any atom is -0.380 e. The Morgan fingerprint density at radius 1 is 1.14 bits per heavy atom. The second-order valence-electron chi connectivity index (χ2n) is 3.70. The van der Waals surface area contributed by atoms with E-state index >= 15 is 0 Å². The van der Waals surface area contributed by atoms with Crippen LogP contribution in [-0.4, -0.2) is 18.6 Å². The molecule has 0 spiro atoms. The molecule has 0 aliphatic heterocycles. The van der Waals surface area contributed by atoms with E-state index in [9.17, 15) is 0 Å². The molecule has 0 rings (SSSR count). The van der Waals surface area contributed by atoms with Gasteiger partial charge in [-0.25, -0.2) is 0 Å². The van der Waals surface area contributed by atoms with Gasteiger partial charge in [0, 0.05) is 6.61 Å². The summed E-state index contributed by atoms with van der Waals surface area (Å²) in [5.74, 6) is 0. The molecule has 1 radical (unpaired) electrons. The third-order valence-electron chi connectivity index (χ3n) is 2.28. The molecule has 1 nitrogen and oxygen atoms in total. The molecule has 0 heterocycles. The van der Waals surface area contributed by atoms with Crippen molar-refractivity contribution in [3.63, 3.8) is 0 Å². The Morgan fingerprint density at radius 3 is 2.43 bits per heavy atom. The van der Waals surface area contributed by atoms with Crippen LogP contribution in [0.2, 0.25) is 0 Å². The molecule has 0 N–H and O–H groups in total. The van der Waals surface area contributed by atoms with Crippen molar-refractivity contribution in [1.29, 1.82) is 0 Å². The van der Waals surface area contributed by atoms with Gasteiger partial charge in [0.2, 0.25) is 0 Å². The van der Waals surface area contributed by atoms with E-state index in [0.717, 1.165) is 19.4 Å². The van der Waals surface area contributed by atoms with Crippen molar-refractivity contribution < 1.29 is 4.74 Å². The first-order valence-electron chi connectivity index (χ1n) is 5.82. The largest absolute Gasteiger partial charge is 0.380 e. The lowest BCUT2D eigenvalue weighted by atomic mass is 10.1. The predicted molar refractivity (Wildman–Crippen MR) is 63.8 cm³/mol. The topological polar surface area (TPSA) is 9.23 Å². The predicted octanol–water partition coefficient (Wildman–Crippen LogP) is 4.20. The van der Waals surface area contributed by atoms with Gasteiger partial charge in [-0.15, -0.1) is 11.6 Å². The van der Waals surface area contributed by atoms with Crippen molar-refractivity contribution in [2.45, 2.75) is 57.2 Å². The monoisotopic (exact) mass is 219 g/mol. The second-order valence-corrected chi connectivity index (χ2v) is 4.32. The fourth-order valence-corrected chi connectivity index (χ4v) is 1.33. The molecule has 85 valence electrons. The van der Waals surface area contributed by atoms with E-state index in [1.54, 1.807) is 0 Å². The van der Waals surface area contributed by atoms with Crippen LogP contribution in [-0.2, 0) is 4.74 Å². The third kappa shape index (κ3) is 10.3. The molecule has 0 aromatic heterocycles. The highest BCUT2D eigenvalue weighted by Crippen LogP contribution is 2.06. The molecule has 2 heteroatoms. The van der Waals surface area contributed by atoms with E-state index in [1.807, 2.05) is 0 Å². The highest BCUT2D eigenvalue weighted by atomic mass is 35.5. The van der Waals surface area contributed by atoms with Gasteiger partial charge in [-0.1, -0.05) is 46.0 Å². The number of hydrogen-bond donors (Lipinski definition) is 0. The number of rotatable bonds is 10. The Morgan fingerprint density at radius 2 is 1.79 bits per heavy atom.